The standard InChI is InChI=1S/C10H18N2O3/c1-4-8(13)10-11-9(15-12-10)5-7(2)6-14-3/h7-8,13H,4-6H2,1-3H3. The van der Waals surface area contributed by atoms with E-state index in [1.54, 1.807) is 7.11 Å². The monoisotopic (exact) mass is 214 g/mol. The van der Waals surface area contributed by atoms with Crippen molar-refractivity contribution in [3.63, 3.8) is 0 Å². The van der Waals surface area contributed by atoms with Gasteiger partial charge in [0, 0.05) is 20.1 Å². The lowest BCUT2D eigenvalue weighted by molar-refractivity contribution is 0.154. The largest absolute Gasteiger partial charge is 0.385 e. The first-order chi connectivity index (χ1) is 7.17. The van der Waals surface area contributed by atoms with Crippen LogP contribution >= 0.6 is 0 Å². The van der Waals surface area contributed by atoms with E-state index in [9.17, 15) is 5.11 Å². The number of methoxy groups -OCH3 is 1. The molecule has 0 saturated carbocycles. The van der Waals surface area contributed by atoms with Gasteiger partial charge in [-0.25, -0.2) is 0 Å². The molecule has 15 heavy (non-hydrogen) atoms. The highest BCUT2D eigenvalue weighted by molar-refractivity contribution is 4.91. The first kappa shape index (κ1) is 12.1. The van der Waals surface area contributed by atoms with Crippen molar-refractivity contribution in [2.24, 2.45) is 5.92 Å². The molecule has 86 valence electrons. The zero-order chi connectivity index (χ0) is 11.3. The lowest BCUT2D eigenvalue weighted by atomic mass is 10.1. The summed E-state index contributed by atoms with van der Waals surface area (Å²) in [5.41, 5.74) is 0. The highest BCUT2D eigenvalue weighted by Gasteiger charge is 2.15. The fourth-order valence-electron chi connectivity index (χ4n) is 1.31. The number of hydrogen-bond donors (Lipinski definition) is 1. The molecule has 1 rings (SSSR count). The maximum atomic E-state index is 9.47. The van der Waals surface area contributed by atoms with Crippen LogP contribution in [0.2, 0.25) is 0 Å². The molecule has 1 aromatic rings. The zero-order valence-corrected chi connectivity index (χ0v) is 9.43. The molecule has 0 amide bonds. The number of rotatable bonds is 6. The molecule has 1 aromatic heterocycles. The van der Waals surface area contributed by atoms with Gasteiger partial charge in [-0.1, -0.05) is 19.0 Å². The summed E-state index contributed by atoms with van der Waals surface area (Å²) in [4.78, 5) is 4.12. The van der Waals surface area contributed by atoms with Crippen molar-refractivity contribution in [1.29, 1.82) is 0 Å². The van der Waals surface area contributed by atoms with Crippen molar-refractivity contribution < 1.29 is 14.4 Å². The third-order valence-electron chi connectivity index (χ3n) is 2.14. The summed E-state index contributed by atoms with van der Waals surface area (Å²) in [6, 6.07) is 0. The second-order valence-corrected chi connectivity index (χ2v) is 3.73. The van der Waals surface area contributed by atoms with Gasteiger partial charge in [-0.15, -0.1) is 0 Å². The molecule has 0 saturated heterocycles. The predicted octanol–water partition coefficient (Wildman–Crippen LogP) is 1.34. The van der Waals surface area contributed by atoms with Gasteiger partial charge in [0.2, 0.25) is 5.89 Å². The minimum Gasteiger partial charge on any atom is -0.385 e. The van der Waals surface area contributed by atoms with Gasteiger partial charge < -0.3 is 14.4 Å². The molecule has 1 N–H and O–H groups in total. The van der Waals surface area contributed by atoms with Crippen molar-refractivity contribution in [3.8, 4) is 0 Å². The maximum absolute atomic E-state index is 9.47. The Morgan fingerprint density at radius 2 is 2.27 bits per heavy atom. The molecule has 0 spiro atoms. The Balaban J connectivity index is 2.52. The SMILES string of the molecule is CCC(O)c1noc(CC(C)COC)n1. The smallest absolute Gasteiger partial charge is 0.227 e. The van der Waals surface area contributed by atoms with Crippen LogP contribution in [0.4, 0.5) is 0 Å². The van der Waals surface area contributed by atoms with Crippen LogP contribution in [-0.4, -0.2) is 29.0 Å². The Morgan fingerprint density at radius 3 is 2.87 bits per heavy atom. The highest BCUT2D eigenvalue weighted by Crippen LogP contribution is 2.14. The number of aliphatic hydroxyl groups excluding tert-OH is 1. The Bertz CT molecular complexity index is 288. The Morgan fingerprint density at radius 1 is 1.53 bits per heavy atom. The Hall–Kier alpha value is -0.940. The molecular formula is C10H18N2O3. The third kappa shape index (κ3) is 3.60. The average Bonchev–Trinajstić information content (AvgIpc) is 2.65. The van der Waals surface area contributed by atoms with E-state index < -0.39 is 6.10 Å². The normalized spacial score (nSPS) is 15.2. The molecule has 5 heteroatoms. The van der Waals surface area contributed by atoms with Crippen LogP contribution in [-0.2, 0) is 11.2 Å². The van der Waals surface area contributed by atoms with Crippen LogP contribution in [0, 0.1) is 5.92 Å². The van der Waals surface area contributed by atoms with E-state index in [4.69, 9.17) is 9.26 Å². The van der Waals surface area contributed by atoms with Gasteiger partial charge in [-0.05, 0) is 12.3 Å². The first-order valence-corrected chi connectivity index (χ1v) is 5.16. The molecule has 0 aliphatic rings. The van der Waals surface area contributed by atoms with E-state index in [1.165, 1.54) is 0 Å². The van der Waals surface area contributed by atoms with Crippen LogP contribution in [0.3, 0.4) is 0 Å². The second-order valence-electron chi connectivity index (χ2n) is 3.73. The summed E-state index contributed by atoms with van der Waals surface area (Å²) in [6.45, 7) is 4.58. The summed E-state index contributed by atoms with van der Waals surface area (Å²) >= 11 is 0. The quantitative estimate of drug-likeness (QED) is 0.773. The van der Waals surface area contributed by atoms with Crippen molar-refractivity contribution >= 4 is 0 Å². The molecule has 2 atom stereocenters. The minimum atomic E-state index is -0.625. The topological polar surface area (TPSA) is 68.4 Å². The fraction of sp³-hybridized carbons (Fsp3) is 0.800. The molecule has 1 heterocycles. The first-order valence-electron chi connectivity index (χ1n) is 5.16. The van der Waals surface area contributed by atoms with E-state index in [-0.39, 0.29) is 0 Å². The predicted molar refractivity (Wildman–Crippen MR) is 54.3 cm³/mol. The number of ether oxygens (including phenoxy) is 1. The molecule has 0 fully saturated rings. The fourth-order valence-corrected chi connectivity index (χ4v) is 1.31. The van der Waals surface area contributed by atoms with Crippen LogP contribution in [0.15, 0.2) is 4.52 Å². The molecule has 0 aromatic carbocycles. The number of aromatic nitrogens is 2. The molecule has 0 radical (unpaired) electrons. The maximum Gasteiger partial charge on any atom is 0.227 e. The lowest BCUT2D eigenvalue weighted by Gasteiger charge is -2.05. The second kappa shape index (κ2) is 5.82. The minimum absolute atomic E-state index is 0.335. The van der Waals surface area contributed by atoms with Crippen LogP contribution in [0.1, 0.15) is 38.1 Å². The average molecular weight is 214 g/mol. The van der Waals surface area contributed by atoms with E-state index in [0.29, 0.717) is 37.1 Å². The lowest BCUT2D eigenvalue weighted by Crippen LogP contribution is -2.07. The van der Waals surface area contributed by atoms with Crippen molar-refractivity contribution in [2.45, 2.75) is 32.8 Å². The van der Waals surface area contributed by atoms with Crippen molar-refractivity contribution in [2.75, 3.05) is 13.7 Å². The van der Waals surface area contributed by atoms with Gasteiger partial charge in [-0.3, -0.25) is 0 Å². The summed E-state index contributed by atoms with van der Waals surface area (Å²) < 4.78 is 10.0. The van der Waals surface area contributed by atoms with Crippen molar-refractivity contribution in [3.05, 3.63) is 11.7 Å². The molecule has 2 unspecified atom stereocenters. The van der Waals surface area contributed by atoms with Crippen molar-refractivity contribution in [1.82, 2.24) is 10.1 Å². The summed E-state index contributed by atoms with van der Waals surface area (Å²) in [5, 5.41) is 13.2. The number of aliphatic hydroxyl groups is 1. The molecule has 0 aliphatic heterocycles. The number of nitrogens with zero attached hydrogens (tertiary/aromatic N) is 2. The Kier molecular flexibility index (Phi) is 4.71. The van der Waals surface area contributed by atoms with Gasteiger partial charge in [0.15, 0.2) is 5.82 Å². The molecule has 5 nitrogen and oxygen atoms in total. The van der Waals surface area contributed by atoms with Crippen LogP contribution in [0.5, 0.6) is 0 Å². The summed E-state index contributed by atoms with van der Waals surface area (Å²) in [5.74, 6) is 1.27. The summed E-state index contributed by atoms with van der Waals surface area (Å²) in [7, 11) is 1.66. The highest BCUT2D eigenvalue weighted by atomic mass is 16.5. The molecule has 0 aliphatic carbocycles. The van der Waals surface area contributed by atoms with Crippen LogP contribution in [0.25, 0.3) is 0 Å². The number of hydrogen-bond acceptors (Lipinski definition) is 5. The van der Waals surface area contributed by atoms with Gasteiger partial charge in [0.25, 0.3) is 0 Å². The zero-order valence-electron chi connectivity index (χ0n) is 9.43. The van der Waals surface area contributed by atoms with E-state index in [2.05, 4.69) is 10.1 Å². The van der Waals surface area contributed by atoms with Crippen LogP contribution < -0.4 is 0 Å². The van der Waals surface area contributed by atoms with E-state index >= 15 is 0 Å². The van der Waals surface area contributed by atoms with Gasteiger partial charge >= 0.3 is 0 Å². The molecular weight excluding hydrogens is 196 g/mol. The van der Waals surface area contributed by atoms with E-state index in [1.807, 2.05) is 13.8 Å². The molecule has 0 bridgehead atoms. The van der Waals surface area contributed by atoms with Gasteiger partial charge in [0.1, 0.15) is 6.10 Å². The third-order valence-corrected chi connectivity index (χ3v) is 2.14. The van der Waals surface area contributed by atoms with Gasteiger partial charge in [-0.2, -0.15) is 4.98 Å². The van der Waals surface area contributed by atoms with Gasteiger partial charge in [0.05, 0.1) is 0 Å². The Labute approximate surface area is 89.4 Å². The van der Waals surface area contributed by atoms with E-state index in [0.717, 1.165) is 0 Å². The summed E-state index contributed by atoms with van der Waals surface area (Å²) in [6.07, 6.45) is 0.643.